The highest BCUT2D eigenvalue weighted by molar-refractivity contribution is 6.31. The summed E-state index contributed by atoms with van der Waals surface area (Å²) in [5.74, 6) is 0.433. The fourth-order valence-corrected chi connectivity index (χ4v) is 7.78. The SMILES string of the molecule is CCOC(=O)c1c(C)c(C(=O)N2CC3CN(CCCN(C(=O)C4CCN(C(C)=O)CC4)c4ccc(C)c(Cl)c4)CC3C2)n(C)c1C. The third-order valence-corrected chi connectivity index (χ3v) is 10.7. The van der Waals surface area contributed by atoms with E-state index in [1.54, 1.807) is 13.8 Å². The zero-order valence-electron chi connectivity index (χ0n) is 28.1. The minimum Gasteiger partial charge on any atom is -0.462 e. The number of amides is 3. The van der Waals surface area contributed by atoms with Crippen molar-refractivity contribution in [2.24, 2.45) is 24.8 Å². The number of benzene rings is 1. The van der Waals surface area contributed by atoms with Crippen LogP contribution in [0.1, 0.15) is 70.8 Å². The van der Waals surface area contributed by atoms with E-state index in [1.807, 2.05) is 65.3 Å². The zero-order valence-corrected chi connectivity index (χ0v) is 28.9. The molecule has 2 aromatic rings. The number of likely N-dealkylation sites (tertiary alicyclic amines) is 3. The number of aromatic nitrogens is 1. The van der Waals surface area contributed by atoms with Crippen LogP contribution in [0.25, 0.3) is 0 Å². The van der Waals surface area contributed by atoms with Crippen LogP contribution in [0.5, 0.6) is 0 Å². The third-order valence-electron chi connectivity index (χ3n) is 10.3. The summed E-state index contributed by atoms with van der Waals surface area (Å²) in [6.07, 6.45) is 2.17. The maximum absolute atomic E-state index is 13.8. The van der Waals surface area contributed by atoms with Crippen LogP contribution in [0.3, 0.4) is 0 Å². The van der Waals surface area contributed by atoms with Gasteiger partial charge in [-0.3, -0.25) is 14.4 Å². The Kier molecular flexibility index (Phi) is 10.5. The van der Waals surface area contributed by atoms with Crippen molar-refractivity contribution in [3.05, 3.63) is 51.3 Å². The maximum atomic E-state index is 13.8. The van der Waals surface area contributed by atoms with Crippen molar-refractivity contribution < 1.29 is 23.9 Å². The van der Waals surface area contributed by atoms with E-state index in [-0.39, 0.29) is 36.2 Å². The van der Waals surface area contributed by atoms with Gasteiger partial charge in [0, 0.05) is 82.1 Å². The fourth-order valence-electron chi connectivity index (χ4n) is 7.60. The van der Waals surface area contributed by atoms with Crippen molar-refractivity contribution in [2.75, 3.05) is 63.9 Å². The van der Waals surface area contributed by atoms with Crippen LogP contribution in [-0.4, -0.2) is 102 Å². The molecule has 2 unspecified atom stereocenters. The summed E-state index contributed by atoms with van der Waals surface area (Å²) in [6, 6.07) is 5.82. The van der Waals surface area contributed by atoms with Gasteiger partial charge in [0.2, 0.25) is 11.8 Å². The Hall–Kier alpha value is -3.37. The number of nitrogens with zero attached hydrogens (tertiary/aromatic N) is 5. The molecule has 0 bridgehead atoms. The molecule has 4 heterocycles. The number of carbonyl (C=O) groups is 4. The van der Waals surface area contributed by atoms with Gasteiger partial charge < -0.3 is 28.9 Å². The van der Waals surface area contributed by atoms with Gasteiger partial charge in [-0.2, -0.15) is 0 Å². The first-order valence-corrected chi connectivity index (χ1v) is 17.0. The number of aryl methyl sites for hydroxylation is 1. The van der Waals surface area contributed by atoms with Crippen LogP contribution < -0.4 is 4.90 Å². The standard InChI is InChI=1S/C35H48ClN5O5/c1-7-46-35(45)31-23(3)32(37(6)24(31)4)34(44)40-20-27-18-38(19-28(27)21-40)13-8-14-41(29-10-9-22(2)30(36)17-29)33(43)26-11-15-39(16-12-26)25(5)42/h9-10,17,26-28H,7-8,11-16,18-21H2,1-6H3. The van der Waals surface area contributed by atoms with Gasteiger partial charge >= 0.3 is 5.97 Å². The molecular formula is C35H48ClN5O5. The number of anilines is 1. The summed E-state index contributed by atoms with van der Waals surface area (Å²) in [5.41, 5.74) is 4.26. The monoisotopic (exact) mass is 653 g/mol. The predicted molar refractivity (Wildman–Crippen MR) is 178 cm³/mol. The lowest BCUT2D eigenvalue weighted by molar-refractivity contribution is -0.133. The summed E-state index contributed by atoms with van der Waals surface area (Å²) < 4.78 is 7.07. The highest BCUT2D eigenvalue weighted by Gasteiger charge is 2.42. The quantitative estimate of drug-likeness (QED) is 0.371. The number of hydrogen-bond acceptors (Lipinski definition) is 6. The minimum atomic E-state index is -0.384. The molecule has 2 atom stereocenters. The van der Waals surface area contributed by atoms with E-state index >= 15 is 0 Å². The van der Waals surface area contributed by atoms with Crippen LogP contribution >= 0.6 is 11.6 Å². The molecule has 0 radical (unpaired) electrons. The Labute approximate surface area is 277 Å². The molecule has 11 heteroatoms. The highest BCUT2D eigenvalue weighted by atomic mass is 35.5. The Morgan fingerprint density at radius 3 is 2.22 bits per heavy atom. The van der Waals surface area contributed by atoms with Gasteiger partial charge in [0.1, 0.15) is 5.69 Å². The largest absolute Gasteiger partial charge is 0.462 e. The van der Waals surface area contributed by atoms with E-state index in [0.717, 1.165) is 43.0 Å². The van der Waals surface area contributed by atoms with Crippen molar-refractivity contribution in [1.29, 1.82) is 0 Å². The molecule has 3 aliphatic heterocycles. The molecule has 1 aromatic heterocycles. The average Bonchev–Trinajstić information content (AvgIpc) is 3.66. The molecule has 0 N–H and O–H groups in total. The van der Waals surface area contributed by atoms with E-state index < -0.39 is 0 Å². The van der Waals surface area contributed by atoms with Crippen molar-refractivity contribution in [3.63, 3.8) is 0 Å². The Bertz CT molecular complexity index is 1480. The Balaban J connectivity index is 1.18. The topological polar surface area (TPSA) is 95.4 Å². The van der Waals surface area contributed by atoms with E-state index in [4.69, 9.17) is 16.3 Å². The van der Waals surface area contributed by atoms with Crippen LogP contribution in [0, 0.1) is 38.5 Å². The molecule has 0 saturated carbocycles. The molecule has 3 amide bonds. The van der Waals surface area contributed by atoms with E-state index in [2.05, 4.69) is 4.90 Å². The Morgan fingerprint density at radius 1 is 0.978 bits per heavy atom. The van der Waals surface area contributed by atoms with E-state index in [1.165, 1.54) is 0 Å². The van der Waals surface area contributed by atoms with Gasteiger partial charge in [-0.15, -0.1) is 0 Å². The lowest BCUT2D eigenvalue weighted by Gasteiger charge is -2.34. The summed E-state index contributed by atoms with van der Waals surface area (Å²) in [4.78, 5) is 60.0. The maximum Gasteiger partial charge on any atom is 0.340 e. The van der Waals surface area contributed by atoms with Crippen LogP contribution in [0.15, 0.2) is 18.2 Å². The molecular weight excluding hydrogens is 606 g/mol. The lowest BCUT2D eigenvalue weighted by atomic mass is 9.94. The summed E-state index contributed by atoms with van der Waals surface area (Å²) in [7, 11) is 1.84. The third kappa shape index (κ3) is 6.83. The van der Waals surface area contributed by atoms with Gasteiger partial charge in [-0.1, -0.05) is 17.7 Å². The average molecular weight is 654 g/mol. The second kappa shape index (κ2) is 14.2. The second-order valence-corrected chi connectivity index (χ2v) is 13.7. The number of esters is 1. The van der Waals surface area contributed by atoms with Gasteiger partial charge in [0.25, 0.3) is 5.91 Å². The van der Waals surface area contributed by atoms with Crippen molar-refractivity contribution in [2.45, 2.75) is 53.9 Å². The highest BCUT2D eigenvalue weighted by Crippen LogP contribution is 2.34. The predicted octanol–water partition coefficient (Wildman–Crippen LogP) is 4.47. The Morgan fingerprint density at radius 2 is 1.63 bits per heavy atom. The van der Waals surface area contributed by atoms with Gasteiger partial charge in [-0.05, 0) is 88.6 Å². The van der Waals surface area contributed by atoms with Crippen molar-refractivity contribution >= 4 is 41.0 Å². The molecule has 3 fully saturated rings. The smallest absolute Gasteiger partial charge is 0.340 e. The minimum absolute atomic E-state index is 0.0281. The molecule has 46 heavy (non-hydrogen) atoms. The van der Waals surface area contributed by atoms with Crippen LogP contribution in [0.2, 0.25) is 5.02 Å². The number of ether oxygens (including phenoxy) is 1. The van der Waals surface area contributed by atoms with Crippen LogP contribution in [0.4, 0.5) is 5.69 Å². The lowest BCUT2D eigenvalue weighted by Crippen LogP contribution is -2.44. The van der Waals surface area contributed by atoms with Gasteiger partial charge in [-0.25, -0.2) is 4.79 Å². The first-order chi connectivity index (χ1) is 21.9. The van der Waals surface area contributed by atoms with Gasteiger partial charge in [0.15, 0.2) is 0 Å². The number of carbonyl (C=O) groups excluding carboxylic acids is 4. The molecule has 1 aromatic carbocycles. The molecule has 250 valence electrons. The van der Waals surface area contributed by atoms with E-state index in [0.29, 0.717) is 79.2 Å². The van der Waals surface area contributed by atoms with Crippen molar-refractivity contribution in [3.8, 4) is 0 Å². The number of hydrogen-bond donors (Lipinski definition) is 0. The molecule has 0 aliphatic carbocycles. The first-order valence-electron chi connectivity index (χ1n) is 16.6. The zero-order chi connectivity index (χ0) is 33.3. The molecule has 3 saturated heterocycles. The molecule has 5 rings (SSSR count). The second-order valence-electron chi connectivity index (χ2n) is 13.3. The summed E-state index contributed by atoms with van der Waals surface area (Å²) in [5, 5.41) is 0.644. The number of rotatable bonds is 9. The van der Waals surface area contributed by atoms with Crippen molar-refractivity contribution in [1.82, 2.24) is 19.3 Å². The van der Waals surface area contributed by atoms with Crippen LogP contribution in [-0.2, 0) is 21.4 Å². The fraction of sp³-hybridized carbons (Fsp3) is 0.600. The number of piperidine rings is 1. The molecule has 3 aliphatic rings. The normalized spacial score (nSPS) is 20.2. The summed E-state index contributed by atoms with van der Waals surface area (Å²) >= 11 is 6.48. The first kappa shape index (κ1) is 34.0. The molecule has 0 spiro atoms. The number of halogens is 1. The van der Waals surface area contributed by atoms with Gasteiger partial charge in [0.05, 0.1) is 12.2 Å². The van der Waals surface area contributed by atoms with E-state index in [9.17, 15) is 19.2 Å². The molecule has 10 nitrogen and oxygen atoms in total. The number of fused-ring (bicyclic) bond motifs is 1. The summed E-state index contributed by atoms with van der Waals surface area (Å²) in [6.45, 7) is 15.2.